The molecule has 0 aliphatic heterocycles. The van der Waals surface area contributed by atoms with Gasteiger partial charge in [0.15, 0.2) is 0 Å². The van der Waals surface area contributed by atoms with Crippen LogP contribution in [0.2, 0.25) is 10.0 Å². The van der Waals surface area contributed by atoms with Crippen molar-refractivity contribution in [3.05, 3.63) is 58.1 Å². The summed E-state index contributed by atoms with van der Waals surface area (Å²) in [4.78, 5) is 12.3. The number of likely N-dealkylation sites (N-methyl/N-ethyl adjacent to an activating group) is 1. The van der Waals surface area contributed by atoms with Gasteiger partial charge in [-0.25, -0.2) is 8.42 Å². The van der Waals surface area contributed by atoms with Gasteiger partial charge in [0.1, 0.15) is 10.6 Å². The monoisotopic (exact) mass is 444 g/mol. The number of ether oxygens (including phenoxy) is 1. The quantitative estimate of drug-likeness (QED) is 0.669. The molecule has 0 radical (unpaired) electrons. The average molecular weight is 445 g/mol. The van der Waals surface area contributed by atoms with Crippen LogP contribution in [0.1, 0.15) is 25.5 Å². The van der Waals surface area contributed by atoms with E-state index in [4.69, 9.17) is 27.9 Å². The SMILES string of the molecule is CCN(CC(=O)N[C@@H](C)c1ccc(OC)cc1)S(=O)(=O)c1cc(Cl)ccc1Cl. The number of nitrogens with zero attached hydrogens (tertiary/aromatic N) is 1. The van der Waals surface area contributed by atoms with Crippen molar-refractivity contribution < 1.29 is 17.9 Å². The number of hydrogen-bond donors (Lipinski definition) is 1. The van der Waals surface area contributed by atoms with Crippen LogP contribution in [-0.4, -0.2) is 38.8 Å². The predicted molar refractivity (Wildman–Crippen MR) is 110 cm³/mol. The van der Waals surface area contributed by atoms with Gasteiger partial charge in [-0.1, -0.05) is 42.3 Å². The van der Waals surface area contributed by atoms with Crippen molar-refractivity contribution in [2.75, 3.05) is 20.2 Å². The first-order valence-electron chi connectivity index (χ1n) is 8.57. The molecule has 0 aliphatic rings. The number of sulfonamides is 1. The number of benzene rings is 2. The Morgan fingerprint density at radius 2 is 1.82 bits per heavy atom. The summed E-state index contributed by atoms with van der Waals surface area (Å²) >= 11 is 11.9. The second-order valence-corrected chi connectivity index (χ2v) is 8.82. The molecule has 152 valence electrons. The summed E-state index contributed by atoms with van der Waals surface area (Å²) in [5, 5.41) is 3.10. The normalized spacial score (nSPS) is 12.6. The molecule has 2 aromatic carbocycles. The topological polar surface area (TPSA) is 75.7 Å². The summed E-state index contributed by atoms with van der Waals surface area (Å²) in [6.45, 7) is 3.24. The summed E-state index contributed by atoms with van der Waals surface area (Å²) < 4.78 is 31.9. The van der Waals surface area contributed by atoms with Gasteiger partial charge in [0.25, 0.3) is 0 Å². The number of halogens is 2. The zero-order valence-electron chi connectivity index (χ0n) is 15.8. The van der Waals surface area contributed by atoms with Crippen molar-refractivity contribution in [1.82, 2.24) is 9.62 Å². The number of methoxy groups -OCH3 is 1. The van der Waals surface area contributed by atoms with E-state index in [-0.39, 0.29) is 34.1 Å². The van der Waals surface area contributed by atoms with Crippen molar-refractivity contribution in [2.45, 2.75) is 24.8 Å². The number of amides is 1. The molecule has 0 bridgehead atoms. The van der Waals surface area contributed by atoms with E-state index in [9.17, 15) is 13.2 Å². The Kier molecular flexibility index (Phi) is 7.71. The van der Waals surface area contributed by atoms with Crippen molar-refractivity contribution in [3.8, 4) is 5.75 Å². The Morgan fingerprint density at radius 1 is 1.18 bits per heavy atom. The van der Waals surface area contributed by atoms with Crippen LogP contribution in [0.5, 0.6) is 5.75 Å². The summed E-state index contributed by atoms with van der Waals surface area (Å²) in [6.07, 6.45) is 0. The molecule has 0 fully saturated rings. The highest BCUT2D eigenvalue weighted by atomic mass is 35.5. The molecule has 28 heavy (non-hydrogen) atoms. The van der Waals surface area contributed by atoms with Crippen molar-refractivity contribution in [3.63, 3.8) is 0 Å². The minimum absolute atomic E-state index is 0.0508. The van der Waals surface area contributed by atoms with E-state index >= 15 is 0 Å². The second-order valence-electron chi connectivity index (χ2n) is 6.07. The van der Waals surface area contributed by atoms with Gasteiger partial charge in [-0.3, -0.25) is 4.79 Å². The second kappa shape index (κ2) is 9.60. The van der Waals surface area contributed by atoms with Crippen LogP contribution in [0.25, 0.3) is 0 Å². The standard InChI is InChI=1S/C19H22Cl2N2O4S/c1-4-23(28(25,26)18-11-15(20)7-10-17(18)21)12-19(24)22-13(2)14-5-8-16(27-3)9-6-14/h5-11,13H,4,12H2,1-3H3,(H,22,24)/t13-/m0/s1. The molecule has 0 saturated heterocycles. The molecule has 0 aromatic heterocycles. The minimum atomic E-state index is -3.97. The van der Waals surface area contributed by atoms with Gasteiger partial charge in [-0.2, -0.15) is 4.31 Å². The van der Waals surface area contributed by atoms with Crippen LogP contribution < -0.4 is 10.1 Å². The van der Waals surface area contributed by atoms with E-state index in [1.165, 1.54) is 18.2 Å². The van der Waals surface area contributed by atoms with Gasteiger partial charge in [0.2, 0.25) is 15.9 Å². The first-order valence-corrected chi connectivity index (χ1v) is 10.8. The van der Waals surface area contributed by atoms with E-state index in [0.717, 1.165) is 9.87 Å². The molecular weight excluding hydrogens is 423 g/mol. The van der Waals surface area contributed by atoms with Gasteiger partial charge in [-0.05, 0) is 42.8 Å². The van der Waals surface area contributed by atoms with Crippen molar-refractivity contribution in [1.29, 1.82) is 0 Å². The Morgan fingerprint density at radius 3 is 2.39 bits per heavy atom. The van der Waals surface area contributed by atoms with E-state index in [0.29, 0.717) is 5.75 Å². The maximum Gasteiger partial charge on any atom is 0.245 e. The highest BCUT2D eigenvalue weighted by Crippen LogP contribution is 2.27. The lowest BCUT2D eigenvalue weighted by atomic mass is 10.1. The van der Waals surface area contributed by atoms with Crippen LogP contribution in [-0.2, 0) is 14.8 Å². The summed E-state index contributed by atoms with van der Waals surface area (Å²) in [6, 6.07) is 11.2. The third kappa shape index (κ3) is 5.38. The molecular formula is C19H22Cl2N2O4S. The summed E-state index contributed by atoms with van der Waals surface area (Å²) in [5.74, 6) is 0.288. The molecule has 0 unspecified atom stereocenters. The molecule has 1 N–H and O–H groups in total. The van der Waals surface area contributed by atoms with Crippen molar-refractivity contribution in [2.24, 2.45) is 0 Å². The van der Waals surface area contributed by atoms with E-state index < -0.39 is 15.9 Å². The molecule has 0 spiro atoms. The Bertz CT molecular complexity index is 933. The molecule has 1 amide bonds. The Labute approximate surface area is 175 Å². The summed E-state index contributed by atoms with van der Waals surface area (Å²) in [5.41, 5.74) is 0.873. The third-order valence-corrected chi connectivity index (χ3v) is 6.81. The fraction of sp³-hybridized carbons (Fsp3) is 0.316. The molecule has 2 rings (SSSR count). The highest BCUT2D eigenvalue weighted by molar-refractivity contribution is 7.89. The number of carbonyl (C=O) groups is 1. The average Bonchev–Trinajstić information content (AvgIpc) is 2.67. The lowest BCUT2D eigenvalue weighted by molar-refractivity contribution is -0.121. The number of nitrogens with one attached hydrogen (secondary N) is 1. The molecule has 0 saturated carbocycles. The molecule has 0 heterocycles. The van der Waals surface area contributed by atoms with E-state index in [2.05, 4.69) is 5.32 Å². The van der Waals surface area contributed by atoms with Gasteiger partial charge >= 0.3 is 0 Å². The zero-order chi connectivity index (χ0) is 20.9. The van der Waals surface area contributed by atoms with Crippen molar-refractivity contribution >= 4 is 39.1 Å². The smallest absolute Gasteiger partial charge is 0.245 e. The Balaban J connectivity index is 2.12. The maximum absolute atomic E-state index is 12.9. The zero-order valence-corrected chi connectivity index (χ0v) is 18.1. The number of rotatable bonds is 8. The molecule has 6 nitrogen and oxygen atoms in total. The molecule has 1 atom stereocenters. The fourth-order valence-corrected chi connectivity index (χ4v) is 4.75. The largest absolute Gasteiger partial charge is 0.497 e. The molecule has 9 heteroatoms. The number of hydrogen-bond acceptors (Lipinski definition) is 4. The van der Waals surface area contributed by atoms with Crippen LogP contribution in [0.4, 0.5) is 0 Å². The lowest BCUT2D eigenvalue weighted by Gasteiger charge is -2.22. The first kappa shape index (κ1) is 22.5. The number of carbonyl (C=O) groups excluding carboxylic acids is 1. The lowest BCUT2D eigenvalue weighted by Crippen LogP contribution is -2.41. The molecule has 0 aliphatic carbocycles. The third-order valence-electron chi connectivity index (χ3n) is 4.18. The van der Waals surface area contributed by atoms with Gasteiger partial charge in [0.05, 0.1) is 24.7 Å². The summed E-state index contributed by atoms with van der Waals surface area (Å²) in [7, 11) is -2.39. The van der Waals surface area contributed by atoms with Gasteiger partial charge in [-0.15, -0.1) is 0 Å². The van der Waals surface area contributed by atoms with Crippen LogP contribution >= 0.6 is 23.2 Å². The minimum Gasteiger partial charge on any atom is -0.497 e. The van der Waals surface area contributed by atoms with E-state index in [1.807, 2.05) is 19.1 Å². The van der Waals surface area contributed by atoms with E-state index in [1.54, 1.807) is 26.2 Å². The predicted octanol–water partition coefficient (Wildman–Crippen LogP) is 3.89. The fourth-order valence-electron chi connectivity index (χ4n) is 2.60. The Hall–Kier alpha value is -1.80. The van der Waals surface area contributed by atoms with Crippen LogP contribution in [0, 0.1) is 0 Å². The van der Waals surface area contributed by atoms with Crippen LogP contribution in [0.3, 0.4) is 0 Å². The maximum atomic E-state index is 12.9. The highest BCUT2D eigenvalue weighted by Gasteiger charge is 2.28. The van der Waals surface area contributed by atoms with Crippen LogP contribution in [0.15, 0.2) is 47.4 Å². The first-order chi connectivity index (χ1) is 13.2. The molecule has 2 aromatic rings. The van der Waals surface area contributed by atoms with Gasteiger partial charge < -0.3 is 10.1 Å². The van der Waals surface area contributed by atoms with Gasteiger partial charge in [0, 0.05) is 11.6 Å².